The van der Waals surface area contributed by atoms with E-state index < -0.39 is 11.7 Å². The molecule has 1 fully saturated rings. The fourth-order valence-electron chi connectivity index (χ4n) is 2.52. The maximum absolute atomic E-state index is 12.6. The Balaban J connectivity index is 1.76. The molecule has 0 aliphatic carbocycles. The van der Waals surface area contributed by atoms with Gasteiger partial charge in [0.15, 0.2) is 0 Å². The minimum Gasteiger partial charge on any atom is -0.336 e. The topological polar surface area (TPSA) is 45.2 Å². The van der Waals surface area contributed by atoms with E-state index in [1.165, 1.54) is 23.5 Å². The van der Waals surface area contributed by atoms with E-state index >= 15 is 0 Å². The second-order valence-corrected chi connectivity index (χ2v) is 6.37. The Bertz CT molecular complexity index is 704. The molecule has 0 radical (unpaired) electrons. The number of hydrogen-bond donors (Lipinski definition) is 1. The van der Waals surface area contributed by atoms with E-state index in [1.54, 1.807) is 10.3 Å². The quantitative estimate of drug-likeness (QED) is 0.899. The van der Waals surface area contributed by atoms with Crippen LogP contribution in [0.4, 0.5) is 13.2 Å². The van der Waals surface area contributed by atoms with E-state index in [2.05, 4.69) is 10.3 Å². The zero-order valence-electron chi connectivity index (χ0n) is 12.8. The van der Waals surface area contributed by atoms with E-state index in [0.717, 1.165) is 31.6 Å². The Morgan fingerprint density at radius 2 is 1.92 bits per heavy atom. The van der Waals surface area contributed by atoms with E-state index in [-0.39, 0.29) is 5.91 Å². The standard InChI is InChI=1S/C16H16F3N3OS/c17-16(18,19)12-4-2-11(3-5-12)14-21-13(10-24-14)15(23)22-8-1-6-20-7-9-22/h2-5,10,20H,1,6-9H2. The lowest BCUT2D eigenvalue weighted by atomic mass is 10.1. The summed E-state index contributed by atoms with van der Waals surface area (Å²) in [5.41, 5.74) is 0.220. The Kier molecular flexibility index (Phi) is 4.86. The molecule has 1 aromatic heterocycles. The summed E-state index contributed by atoms with van der Waals surface area (Å²) >= 11 is 1.26. The first-order valence-corrected chi connectivity index (χ1v) is 8.46. The average molecular weight is 355 g/mol. The normalized spacial score (nSPS) is 16.0. The second-order valence-electron chi connectivity index (χ2n) is 5.51. The number of hydrogen-bond acceptors (Lipinski definition) is 4. The van der Waals surface area contributed by atoms with Gasteiger partial charge in [-0.15, -0.1) is 11.3 Å². The molecule has 0 bridgehead atoms. The molecular weight excluding hydrogens is 339 g/mol. The lowest BCUT2D eigenvalue weighted by Gasteiger charge is -2.18. The average Bonchev–Trinajstić information content (AvgIpc) is 2.89. The number of nitrogens with one attached hydrogen (secondary N) is 1. The van der Waals surface area contributed by atoms with Gasteiger partial charge in [0.1, 0.15) is 10.7 Å². The van der Waals surface area contributed by atoms with Crippen LogP contribution < -0.4 is 5.32 Å². The lowest BCUT2D eigenvalue weighted by Crippen LogP contribution is -2.34. The number of halogens is 3. The van der Waals surface area contributed by atoms with Gasteiger partial charge in [-0.3, -0.25) is 4.79 Å². The van der Waals surface area contributed by atoms with Gasteiger partial charge >= 0.3 is 6.18 Å². The summed E-state index contributed by atoms with van der Waals surface area (Å²) in [6.45, 7) is 2.95. The Morgan fingerprint density at radius 3 is 2.62 bits per heavy atom. The van der Waals surface area contributed by atoms with Gasteiger partial charge in [0.2, 0.25) is 0 Å². The van der Waals surface area contributed by atoms with Crippen molar-refractivity contribution in [2.45, 2.75) is 12.6 Å². The van der Waals surface area contributed by atoms with Crippen LogP contribution in [0.2, 0.25) is 0 Å². The molecule has 24 heavy (non-hydrogen) atoms. The van der Waals surface area contributed by atoms with Crippen molar-refractivity contribution in [2.75, 3.05) is 26.2 Å². The minimum atomic E-state index is -4.36. The molecule has 2 heterocycles. The number of amides is 1. The molecule has 8 heteroatoms. The molecule has 0 saturated carbocycles. The van der Waals surface area contributed by atoms with E-state index in [9.17, 15) is 18.0 Å². The minimum absolute atomic E-state index is 0.131. The number of carbonyl (C=O) groups is 1. The highest BCUT2D eigenvalue weighted by atomic mass is 32.1. The van der Waals surface area contributed by atoms with Gasteiger partial charge in [0.25, 0.3) is 5.91 Å². The van der Waals surface area contributed by atoms with Crippen molar-refractivity contribution in [2.24, 2.45) is 0 Å². The molecule has 1 aromatic carbocycles. The number of aromatic nitrogens is 1. The molecule has 4 nitrogen and oxygen atoms in total. The molecule has 2 aromatic rings. The van der Waals surface area contributed by atoms with Crippen LogP contribution in [0.1, 0.15) is 22.5 Å². The first kappa shape index (κ1) is 16.9. The summed E-state index contributed by atoms with van der Waals surface area (Å²) in [5, 5.41) is 5.43. The molecule has 128 valence electrons. The molecule has 0 atom stereocenters. The van der Waals surface area contributed by atoms with Crippen LogP contribution in [0.3, 0.4) is 0 Å². The predicted octanol–water partition coefficient (Wildman–Crippen LogP) is 3.26. The molecule has 0 unspecified atom stereocenters. The molecular formula is C16H16F3N3OS. The fourth-order valence-corrected chi connectivity index (χ4v) is 3.32. The number of nitrogens with zero attached hydrogens (tertiary/aromatic N) is 2. The number of carbonyl (C=O) groups excluding carboxylic acids is 1. The molecule has 1 aliphatic heterocycles. The number of benzene rings is 1. The van der Waals surface area contributed by atoms with Gasteiger partial charge in [0.05, 0.1) is 5.56 Å². The van der Waals surface area contributed by atoms with Crippen LogP contribution in [-0.2, 0) is 6.18 Å². The third-order valence-electron chi connectivity index (χ3n) is 3.81. The highest BCUT2D eigenvalue weighted by molar-refractivity contribution is 7.13. The summed E-state index contributed by atoms with van der Waals surface area (Å²) in [5.74, 6) is -0.131. The Hall–Kier alpha value is -1.93. The number of thiazole rings is 1. The van der Waals surface area contributed by atoms with E-state index in [0.29, 0.717) is 29.4 Å². The second kappa shape index (κ2) is 6.90. The predicted molar refractivity (Wildman–Crippen MR) is 85.9 cm³/mol. The molecule has 0 spiro atoms. The molecule has 1 amide bonds. The maximum Gasteiger partial charge on any atom is 0.416 e. The summed E-state index contributed by atoms with van der Waals surface area (Å²) in [7, 11) is 0. The third kappa shape index (κ3) is 3.76. The van der Waals surface area contributed by atoms with Crippen molar-refractivity contribution in [1.29, 1.82) is 0 Å². The van der Waals surface area contributed by atoms with Gasteiger partial charge in [-0.05, 0) is 25.1 Å². The SMILES string of the molecule is O=C(c1csc(-c2ccc(C(F)(F)F)cc2)n1)N1CCCNCC1. The molecule has 3 rings (SSSR count). The van der Waals surface area contributed by atoms with Crippen LogP contribution in [0.5, 0.6) is 0 Å². The first-order chi connectivity index (χ1) is 11.4. The van der Waals surface area contributed by atoms with Crippen LogP contribution in [0.25, 0.3) is 10.6 Å². The summed E-state index contributed by atoms with van der Waals surface area (Å²) < 4.78 is 37.8. The fraction of sp³-hybridized carbons (Fsp3) is 0.375. The Labute approximate surface area is 141 Å². The van der Waals surface area contributed by atoms with Crippen LogP contribution in [-0.4, -0.2) is 42.0 Å². The number of alkyl halides is 3. The van der Waals surface area contributed by atoms with Gasteiger partial charge in [-0.25, -0.2) is 4.98 Å². The zero-order chi connectivity index (χ0) is 17.2. The van der Waals surface area contributed by atoms with Crippen molar-refractivity contribution in [3.8, 4) is 10.6 Å². The highest BCUT2D eigenvalue weighted by Crippen LogP contribution is 2.31. The first-order valence-electron chi connectivity index (χ1n) is 7.58. The van der Waals surface area contributed by atoms with E-state index in [4.69, 9.17) is 0 Å². The summed E-state index contributed by atoms with van der Waals surface area (Å²) in [4.78, 5) is 18.5. The highest BCUT2D eigenvalue weighted by Gasteiger charge is 2.30. The van der Waals surface area contributed by atoms with Crippen LogP contribution in [0, 0.1) is 0 Å². The Morgan fingerprint density at radius 1 is 1.17 bits per heavy atom. The van der Waals surface area contributed by atoms with Gasteiger partial charge in [-0.2, -0.15) is 13.2 Å². The molecule has 1 aliphatic rings. The largest absolute Gasteiger partial charge is 0.416 e. The molecule has 1 N–H and O–H groups in total. The smallest absolute Gasteiger partial charge is 0.336 e. The van der Waals surface area contributed by atoms with Gasteiger partial charge < -0.3 is 10.2 Å². The summed E-state index contributed by atoms with van der Waals surface area (Å²) in [6.07, 6.45) is -3.47. The zero-order valence-corrected chi connectivity index (χ0v) is 13.6. The van der Waals surface area contributed by atoms with Crippen molar-refractivity contribution >= 4 is 17.2 Å². The summed E-state index contributed by atoms with van der Waals surface area (Å²) in [6, 6.07) is 4.81. The van der Waals surface area contributed by atoms with Gasteiger partial charge in [0, 0.05) is 30.6 Å². The van der Waals surface area contributed by atoms with Crippen LogP contribution >= 0.6 is 11.3 Å². The maximum atomic E-state index is 12.6. The van der Waals surface area contributed by atoms with E-state index in [1.807, 2.05) is 0 Å². The van der Waals surface area contributed by atoms with Crippen molar-refractivity contribution in [3.63, 3.8) is 0 Å². The number of rotatable bonds is 2. The van der Waals surface area contributed by atoms with Crippen molar-refractivity contribution in [1.82, 2.24) is 15.2 Å². The van der Waals surface area contributed by atoms with Crippen molar-refractivity contribution < 1.29 is 18.0 Å². The lowest BCUT2D eigenvalue weighted by molar-refractivity contribution is -0.137. The van der Waals surface area contributed by atoms with Gasteiger partial charge in [-0.1, -0.05) is 12.1 Å². The van der Waals surface area contributed by atoms with Crippen molar-refractivity contribution in [3.05, 3.63) is 40.9 Å². The third-order valence-corrected chi connectivity index (χ3v) is 4.70. The molecule has 1 saturated heterocycles. The monoisotopic (exact) mass is 355 g/mol. The van der Waals surface area contributed by atoms with Crippen LogP contribution in [0.15, 0.2) is 29.6 Å².